The second-order valence-electron chi connectivity index (χ2n) is 6.60. The molecule has 0 N–H and O–H groups in total. The van der Waals surface area contributed by atoms with Crippen molar-refractivity contribution in [2.24, 2.45) is 0 Å². The smallest absolute Gasteiger partial charge is 0.344 e. The molecule has 0 unspecified atom stereocenters. The van der Waals surface area contributed by atoms with Crippen molar-refractivity contribution < 1.29 is 23.1 Å². The Morgan fingerprint density at radius 2 is 1.75 bits per heavy atom. The molecule has 0 aliphatic heterocycles. The van der Waals surface area contributed by atoms with Crippen LogP contribution >= 0.6 is 0 Å². The Morgan fingerprint density at radius 3 is 2.39 bits per heavy atom. The zero-order valence-corrected chi connectivity index (χ0v) is 16.2. The van der Waals surface area contributed by atoms with Crippen LogP contribution in [0, 0.1) is 26.6 Å². The zero-order valence-electron chi connectivity index (χ0n) is 16.2. The molecule has 0 aliphatic carbocycles. The fourth-order valence-electron chi connectivity index (χ4n) is 2.92. The number of aryl methyl sites for hydroxylation is 3. The summed E-state index contributed by atoms with van der Waals surface area (Å²) in [6.45, 7) is 7.26. The Kier molecular flexibility index (Phi) is 5.73. The van der Waals surface area contributed by atoms with Gasteiger partial charge in [-0.05, 0) is 63.1 Å². The monoisotopic (exact) mass is 384 g/mol. The molecule has 28 heavy (non-hydrogen) atoms. The van der Waals surface area contributed by atoms with Gasteiger partial charge in [0.1, 0.15) is 11.6 Å². The Balaban J connectivity index is 1.60. The highest BCUT2D eigenvalue weighted by atomic mass is 19.1. The maximum Gasteiger partial charge on any atom is 0.344 e. The van der Waals surface area contributed by atoms with E-state index in [0.717, 1.165) is 16.7 Å². The molecule has 0 bridgehead atoms. The van der Waals surface area contributed by atoms with Gasteiger partial charge in [-0.2, -0.15) is 0 Å². The topological polar surface area (TPSA) is 74.5 Å². The second kappa shape index (κ2) is 8.21. The number of carbonyl (C=O) groups excluding carboxylic acids is 1. The molecule has 3 aromatic rings. The maximum atomic E-state index is 13.0. The summed E-state index contributed by atoms with van der Waals surface area (Å²) >= 11 is 0. The van der Waals surface area contributed by atoms with Crippen LogP contribution in [0.5, 0.6) is 5.75 Å². The van der Waals surface area contributed by atoms with E-state index >= 15 is 0 Å². The highest BCUT2D eigenvalue weighted by Gasteiger charge is 2.20. The first-order chi connectivity index (χ1) is 13.3. The van der Waals surface area contributed by atoms with Crippen molar-refractivity contribution in [3.63, 3.8) is 0 Å². The molecule has 0 radical (unpaired) electrons. The van der Waals surface area contributed by atoms with Gasteiger partial charge in [0, 0.05) is 5.56 Å². The molecule has 2 aromatic carbocycles. The van der Waals surface area contributed by atoms with E-state index in [1.807, 2.05) is 32.9 Å². The summed E-state index contributed by atoms with van der Waals surface area (Å²) in [5.74, 6) is 0.139. The van der Waals surface area contributed by atoms with Crippen molar-refractivity contribution in [2.75, 3.05) is 6.61 Å². The van der Waals surface area contributed by atoms with Gasteiger partial charge in [0.2, 0.25) is 5.89 Å². The summed E-state index contributed by atoms with van der Waals surface area (Å²) < 4.78 is 29.5. The second-order valence-corrected chi connectivity index (χ2v) is 6.60. The normalized spacial score (nSPS) is 11.9. The molecule has 7 heteroatoms. The molecule has 0 saturated heterocycles. The number of aromatic nitrogens is 2. The van der Waals surface area contributed by atoms with E-state index < -0.39 is 12.1 Å². The number of rotatable bonds is 6. The Labute approximate surface area is 162 Å². The van der Waals surface area contributed by atoms with Crippen molar-refractivity contribution in [1.29, 1.82) is 0 Å². The van der Waals surface area contributed by atoms with Gasteiger partial charge < -0.3 is 13.9 Å². The molecule has 1 aromatic heterocycles. The van der Waals surface area contributed by atoms with E-state index in [9.17, 15) is 9.18 Å². The van der Waals surface area contributed by atoms with Gasteiger partial charge in [0.25, 0.3) is 5.89 Å². The summed E-state index contributed by atoms with van der Waals surface area (Å²) in [5, 5.41) is 7.80. The van der Waals surface area contributed by atoms with Crippen LogP contribution < -0.4 is 4.74 Å². The summed E-state index contributed by atoms with van der Waals surface area (Å²) in [4.78, 5) is 12.1. The van der Waals surface area contributed by atoms with Crippen LogP contribution in [0.3, 0.4) is 0 Å². The highest BCUT2D eigenvalue weighted by Crippen LogP contribution is 2.25. The third-order valence-corrected chi connectivity index (χ3v) is 4.13. The van der Waals surface area contributed by atoms with E-state index in [1.165, 1.54) is 24.3 Å². The number of esters is 1. The molecule has 0 aliphatic rings. The average Bonchev–Trinajstić information content (AvgIpc) is 3.11. The van der Waals surface area contributed by atoms with Crippen LogP contribution in [0.1, 0.15) is 35.6 Å². The van der Waals surface area contributed by atoms with Gasteiger partial charge in [0.15, 0.2) is 12.7 Å². The Bertz CT molecular complexity index is 959. The largest absolute Gasteiger partial charge is 0.481 e. The van der Waals surface area contributed by atoms with Crippen molar-refractivity contribution >= 4 is 5.97 Å². The summed E-state index contributed by atoms with van der Waals surface area (Å²) in [7, 11) is 0. The molecule has 146 valence electrons. The van der Waals surface area contributed by atoms with Gasteiger partial charge in [-0.1, -0.05) is 17.7 Å². The number of ether oxygens (including phenoxy) is 2. The molecule has 0 saturated carbocycles. The molecule has 0 fully saturated rings. The average molecular weight is 384 g/mol. The number of hydrogen-bond donors (Lipinski definition) is 0. The molecule has 0 amide bonds. The van der Waals surface area contributed by atoms with Gasteiger partial charge in [-0.3, -0.25) is 0 Å². The molecular formula is C21H21FN2O4. The number of halogens is 1. The number of benzene rings is 2. The van der Waals surface area contributed by atoms with Crippen LogP contribution in [-0.4, -0.2) is 22.8 Å². The number of nitrogens with zero attached hydrogens (tertiary/aromatic N) is 2. The van der Waals surface area contributed by atoms with Crippen molar-refractivity contribution in [1.82, 2.24) is 10.2 Å². The van der Waals surface area contributed by atoms with E-state index in [-0.39, 0.29) is 24.2 Å². The van der Waals surface area contributed by atoms with E-state index in [2.05, 4.69) is 10.2 Å². The lowest BCUT2D eigenvalue weighted by Crippen LogP contribution is -2.17. The molecule has 0 spiro atoms. The van der Waals surface area contributed by atoms with Crippen LogP contribution in [0.2, 0.25) is 0 Å². The van der Waals surface area contributed by atoms with E-state index in [1.54, 1.807) is 6.92 Å². The first-order valence-electron chi connectivity index (χ1n) is 8.83. The molecular weight excluding hydrogens is 363 g/mol. The summed E-state index contributed by atoms with van der Waals surface area (Å²) in [6, 6.07) is 9.65. The Hall–Kier alpha value is -3.22. The molecule has 3 rings (SSSR count). The predicted molar refractivity (Wildman–Crippen MR) is 100 cm³/mol. The first-order valence-corrected chi connectivity index (χ1v) is 8.83. The van der Waals surface area contributed by atoms with Crippen molar-refractivity contribution in [3.05, 3.63) is 64.8 Å². The SMILES string of the molecule is Cc1cc(C)c(OCC(=O)O[C@H](C)c2nnc(-c3ccc(F)cc3)o2)c(C)c1. The minimum absolute atomic E-state index is 0.148. The predicted octanol–water partition coefficient (Wildman–Crippen LogP) is 4.48. The molecule has 1 heterocycles. The Morgan fingerprint density at radius 1 is 1.11 bits per heavy atom. The quantitative estimate of drug-likeness (QED) is 0.583. The summed E-state index contributed by atoms with van der Waals surface area (Å²) in [6.07, 6.45) is -0.738. The fourth-order valence-corrected chi connectivity index (χ4v) is 2.92. The maximum absolute atomic E-state index is 13.0. The lowest BCUT2D eigenvalue weighted by Gasteiger charge is -2.14. The number of hydrogen-bond acceptors (Lipinski definition) is 6. The lowest BCUT2D eigenvalue weighted by atomic mass is 10.1. The zero-order chi connectivity index (χ0) is 20.3. The highest BCUT2D eigenvalue weighted by molar-refractivity contribution is 5.71. The minimum atomic E-state index is -0.738. The third-order valence-electron chi connectivity index (χ3n) is 4.13. The molecule has 6 nitrogen and oxygen atoms in total. The summed E-state index contributed by atoms with van der Waals surface area (Å²) in [5.41, 5.74) is 3.62. The first kappa shape index (κ1) is 19.5. The van der Waals surface area contributed by atoms with E-state index in [4.69, 9.17) is 13.9 Å². The van der Waals surface area contributed by atoms with Gasteiger partial charge in [0.05, 0.1) is 0 Å². The minimum Gasteiger partial charge on any atom is -0.481 e. The molecule has 1 atom stereocenters. The van der Waals surface area contributed by atoms with E-state index in [0.29, 0.717) is 11.3 Å². The van der Waals surface area contributed by atoms with Gasteiger partial charge in [-0.25, -0.2) is 9.18 Å². The van der Waals surface area contributed by atoms with Crippen LogP contribution in [0.4, 0.5) is 4.39 Å². The third kappa shape index (κ3) is 4.54. The fraction of sp³-hybridized carbons (Fsp3) is 0.286. The van der Waals surface area contributed by atoms with Gasteiger partial charge in [-0.15, -0.1) is 10.2 Å². The van der Waals surface area contributed by atoms with Crippen molar-refractivity contribution in [3.8, 4) is 17.2 Å². The lowest BCUT2D eigenvalue weighted by molar-refractivity contribution is -0.152. The van der Waals surface area contributed by atoms with Crippen LogP contribution in [-0.2, 0) is 9.53 Å². The number of carbonyl (C=O) groups is 1. The standard InChI is InChI=1S/C21H21FN2O4/c1-12-9-13(2)19(14(3)10-12)26-11-18(25)27-15(4)20-23-24-21(28-20)16-5-7-17(22)8-6-16/h5-10,15H,11H2,1-4H3/t15-/m1/s1. The van der Waals surface area contributed by atoms with Gasteiger partial charge >= 0.3 is 5.97 Å². The van der Waals surface area contributed by atoms with Crippen molar-refractivity contribution in [2.45, 2.75) is 33.8 Å². The van der Waals surface area contributed by atoms with Crippen LogP contribution in [0.15, 0.2) is 40.8 Å². The van der Waals surface area contributed by atoms with Crippen LogP contribution in [0.25, 0.3) is 11.5 Å².